The van der Waals surface area contributed by atoms with Crippen molar-refractivity contribution in [1.29, 1.82) is 0 Å². The highest BCUT2D eigenvalue weighted by Gasteiger charge is 2.15. The normalized spacial score (nSPS) is 10.5. The van der Waals surface area contributed by atoms with Crippen LogP contribution in [-0.2, 0) is 20.9 Å². The molecule has 0 bridgehead atoms. The third kappa shape index (κ3) is 7.44. The lowest BCUT2D eigenvalue weighted by atomic mass is 10.2. The maximum atomic E-state index is 12.3. The summed E-state index contributed by atoms with van der Waals surface area (Å²) in [6.45, 7) is 3.83. The van der Waals surface area contributed by atoms with Crippen molar-refractivity contribution in [1.82, 2.24) is 10.6 Å². The van der Waals surface area contributed by atoms with Gasteiger partial charge >= 0.3 is 5.97 Å². The second-order valence-electron chi connectivity index (χ2n) is 5.94. The lowest BCUT2D eigenvalue weighted by molar-refractivity contribution is -0.124. The smallest absolute Gasteiger partial charge is 0.339 e. The number of thioether (sulfide) groups is 1. The molecular formula is C19H22N2O4S2. The van der Waals surface area contributed by atoms with E-state index in [0.29, 0.717) is 17.0 Å². The van der Waals surface area contributed by atoms with E-state index < -0.39 is 5.97 Å². The third-order valence-electron chi connectivity index (χ3n) is 3.29. The molecule has 0 saturated carbocycles. The standard InChI is InChI=1S/C19H22N2O4S2/c1-13(2)21-18(23)12-27-16-8-4-3-7-15(16)19(24)25-11-17(22)20-10-14-6-5-9-26-14/h3-9,13H,10-12H2,1-2H3,(H,20,22)(H,21,23). The summed E-state index contributed by atoms with van der Waals surface area (Å²) < 4.78 is 5.11. The molecule has 2 rings (SSSR count). The predicted octanol–water partition coefficient (Wildman–Crippen LogP) is 2.84. The second-order valence-corrected chi connectivity index (χ2v) is 7.99. The zero-order valence-corrected chi connectivity index (χ0v) is 16.8. The summed E-state index contributed by atoms with van der Waals surface area (Å²) in [5.41, 5.74) is 0.339. The number of ether oxygens (including phenoxy) is 1. The number of carbonyl (C=O) groups is 3. The SMILES string of the molecule is CC(C)NC(=O)CSc1ccccc1C(=O)OCC(=O)NCc1cccs1. The predicted molar refractivity (Wildman–Crippen MR) is 107 cm³/mol. The molecule has 0 aliphatic carbocycles. The summed E-state index contributed by atoms with van der Waals surface area (Å²) in [6, 6.07) is 10.8. The fraction of sp³-hybridized carbons (Fsp3) is 0.316. The Kier molecular flexibility index (Phi) is 8.35. The van der Waals surface area contributed by atoms with Gasteiger partial charge in [-0.1, -0.05) is 18.2 Å². The van der Waals surface area contributed by atoms with Crippen molar-refractivity contribution in [3.63, 3.8) is 0 Å². The second kappa shape index (κ2) is 10.7. The third-order valence-corrected chi connectivity index (χ3v) is 5.24. The van der Waals surface area contributed by atoms with E-state index >= 15 is 0 Å². The van der Waals surface area contributed by atoms with Crippen LogP contribution in [0.2, 0.25) is 0 Å². The van der Waals surface area contributed by atoms with E-state index in [9.17, 15) is 14.4 Å². The first kappa shape index (κ1) is 21.0. The van der Waals surface area contributed by atoms with E-state index in [1.165, 1.54) is 11.8 Å². The van der Waals surface area contributed by atoms with E-state index in [-0.39, 0.29) is 30.2 Å². The van der Waals surface area contributed by atoms with Crippen LogP contribution in [0, 0.1) is 0 Å². The van der Waals surface area contributed by atoms with Crippen LogP contribution in [0.15, 0.2) is 46.7 Å². The van der Waals surface area contributed by atoms with Gasteiger partial charge < -0.3 is 15.4 Å². The highest BCUT2D eigenvalue weighted by Crippen LogP contribution is 2.23. The molecule has 0 saturated heterocycles. The Balaban J connectivity index is 1.84. The zero-order chi connectivity index (χ0) is 19.6. The van der Waals surface area contributed by atoms with E-state index in [4.69, 9.17) is 4.74 Å². The molecule has 8 heteroatoms. The molecule has 0 radical (unpaired) electrons. The topological polar surface area (TPSA) is 84.5 Å². The summed E-state index contributed by atoms with van der Waals surface area (Å²) in [5.74, 6) is -0.859. The number of carbonyl (C=O) groups excluding carboxylic acids is 3. The van der Waals surface area contributed by atoms with Crippen LogP contribution in [0.5, 0.6) is 0 Å². The van der Waals surface area contributed by atoms with Crippen LogP contribution in [0.1, 0.15) is 29.1 Å². The van der Waals surface area contributed by atoms with Gasteiger partial charge in [0.05, 0.1) is 17.9 Å². The minimum atomic E-state index is -0.589. The van der Waals surface area contributed by atoms with E-state index in [1.54, 1.807) is 35.6 Å². The molecule has 0 unspecified atom stereocenters. The number of amides is 2. The van der Waals surface area contributed by atoms with Crippen LogP contribution in [0.25, 0.3) is 0 Å². The molecule has 27 heavy (non-hydrogen) atoms. The van der Waals surface area contributed by atoms with Crippen LogP contribution >= 0.6 is 23.1 Å². The monoisotopic (exact) mass is 406 g/mol. The van der Waals surface area contributed by atoms with Gasteiger partial charge in [0.1, 0.15) is 0 Å². The van der Waals surface area contributed by atoms with Crippen molar-refractivity contribution in [3.05, 3.63) is 52.2 Å². The first-order valence-electron chi connectivity index (χ1n) is 8.43. The number of nitrogens with one attached hydrogen (secondary N) is 2. The number of rotatable bonds is 9. The molecule has 0 aliphatic rings. The van der Waals surface area contributed by atoms with Gasteiger partial charge in [0.25, 0.3) is 5.91 Å². The molecule has 144 valence electrons. The number of hydrogen-bond acceptors (Lipinski definition) is 6. The van der Waals surface area contributed by atoms with Crippen molar-refractivity contribution in [2.75, 3.05) is 12.4 Å². The Morgan fingerprint density at radius 1 is 1.11 bits per heavy atom. The molecular weight excluding hydrogens is 384 g/mol. The van der Waals surface area contributed by atoms with Crippen LogP contribution < -0.4 is 10.6 Å². The van der Waals surface area contributed by atoms with Crippen LogP contribution in [0.3, 0.4) is 0 Å². The Morgan fingerprint density at radius 3 is 2.59 bits per heavy atom. The van der Waals surface area contributed by atoms with Crippen molar-refractivity contribution in [2.24, 2.45) is 0 Å². The van der Waals surface area contributed by atoms with Gasteiger partial charge in [-0.15, -0.1) is 23.1 Å². The molecule has 1 aromatic carbocycles. The van der Waals surface area contributed by atoms with Gasteiger partial charge in [-0.05, 0) is 37.4 Å². The Hall–Kier alpha value is -2.32. The molecule has 0 atom stereocenters. The average molecular weight is 407 g/mol. The molecule has 0 aliphatic heterocycles. The van der Waals surface area contributed by atoms with Crippen molar-refractivity contribution < 1.29 is 19.1 Å². The molecule has 2 amide bonds. The van der Waals surface area contributed by atoms with Crippen LogP contribution in [-0.4, -0.2) is 36.2 Å². The van der Waals surface area contributed by atoms with E-state index in [1.807, 2.05) is 31.4 Å². The quantitative estimate of drug-likeness (QED) is 0.494. The minimum absolute atomic E-state index is 0.0611. The molecule has 1 heterocycles. The van der Waals surface area contributed by atoms with Gasteiger partial charge in [0.15, 0.2) is 6.61 Å². The lowest BCUT2D eigenvalue weighted by Gasteiger charge is -2.11. The summed E-state index contributed by atoms with van der Waals surface area (Å²) in [5, 5.41) is 7.43. The molecule has 0 fully saturated rings. The number of thiophene rings is 1. The summed E-state index contributed by atoms with van der Waals surface area (Å²) in [6.07, 6.45) is 0. The summed E-state index contributed by atoms with van der Waals surface area (Å²) in [4.78, 5) is 37.6. The molecule has 1 aromatic heterocycles. The number of hydrogen-bond donors (Lipinski definition) is 2. The Bertz CT molecular complexity index is 776. The van der Waals surface area contributed by atoms with Gasteiger partial charge in [-0.3, -0.25) is 9.59 Å². The maximum Gasteiger partial charge on any atom is 0.339 e. The largest absolute Gasteiger partial charge is 0.452 e. The maximum absolute atomic E-state index is 12.3. The first-order chi connectivity index (χ1) is 13.0. The molecule has 0 spiro atoms. The van der Waals surface area contributed by atoms with Crippen molar-refractivity contribution in [2.45, 2.75) is 31.3 Å². The first-order valence-corrected chi connectivity index (χ1v) is 10.3. The van der Waals surface area contributed by atoms with Crippen LogP contribution in [0.4, 0.5) is 0 Å². The fourth-order valence-electron chi connectivity index (χ4n) is 2.13. The number of esters is 1. The van der Waals surface area contributed by atoms with Gasteiger partial charge in [-0.2, -0.15) is 0 Å². The summed E-state index contributed by atoms with van der Waals surface area (Å²) >= 11 is 2.80. The fourth-order valence-corrected chi connectivity index (χ4v) is 3.62. The molecule has 6 nitrogen and oxygen atoms in total. The number of benzene rings is 1. The lowest BCUT2D eigenvalue weighted by Crippen LogP contribution is -2.31. The van der Waals surface area contributed by atoms with Gasteiger partial charge in [-0.25, -0.2) is 4.79 Å². The summed E-state index contributed by atoms with van der Waals surface area (Å²) in [7, 11) is 0. The zero-order valence-electron chi connectivity index (χ0n) is 15.2. The van der Waals surface area contributed by atoms with Crippen molar-refractivity contribution in [3.8, 4) is 0 Å². The van der Waals surface area contributed by atoms with Crippen molar-refractivity contribution >= 4 is 40.9 Å². The highest BCUT2D eigenvalue weighted by molar-refractivity contribution is 8.00. The minimum Gasteiger partial charge on any atom is -0.452 e. The molecule has 2 aromatic rings. The average Bonchev–Trinajstić information content (AvgIpc) is 3.16. The molecule has 2 N–H and O–H groups in total. The Labute approximate surface area is 166 Å². The van der Waals surface area contributed by atoms with Gasteiger partial charge in [0, 0.05) is 15.8 Å². The highest BCUT2D eigenvalue weighted by atomic mass is 32.2. The van der Waals surface area contributed by atoms with E-state index in [2.05, 4.69) is 10.6 Å². The van der Waals surface area contributed by atoms with Gasteiger partial charge in [0.2, 0.25) is 5.91 Å². The van der Waals surface area contributed by atoms with E-state index in [0.717, 1.165) is 4.88 Å². The Morgan fingerprint density at radius 2 is 1.89 bits per heavy atom.